The van der Waals surface area contributed by atoms with Crippen LogP contribution in [0.15, 0.2) is 47.5 Å². The molecule has 1 aliphatic rings. The van der Waals surface area contributed by atoms with Gasteiger partial charge in [0.05, 0.1) is 18.1 Å². The summed E-state index contributed by atoms with van der Waals surface area (Å²) < 4.78 is 2.84. The number of ketones is 1. The Morgan fingerprint density at radius 2 is 1.80 bits per heavy atom. The monoisotopic (exact) mass is 397 g/mol. The van der Waals surface area contributed by atoms with Crippen molar-refractivity contribution in [1.82, 2.24) is 14.4 Å². The second-order valence-corrected chi connectivity index (χ2v) is 7.79. The number of imidazole rings is 1. The maximum Gasteiger partial charge on any atom is 0.165 e. The van der Waals surface area contributed by atoms with E-state index in [2.05, 4.69) is 32.8 Å². The van der Waals surface area contributed by atoms with Crippen molar-refractivity contribution in [2.24, 2.45) is 11.8 Å². The third-order valence-corrected chi connectivity index (χ3v) is 5.79. The number of hydrogen-bond donors (Lipinski definition) is 0. The van der Waals surface area contributed by atoms with Crippen LogP contribution in [0.2, 0.25) is 0 Å². The molecule has 5 heteroatoms. The first-order valence-electron chi connectivity index (χ1n) is 8.75. The second-order valence-electron chi connectivity index (χ2n) is 6.98. The molecule has 0 amide bonds. The molecule has 2 heterocycles. The van der Waals surface area contributed by atoms with E-state index in [1.165, 1.54) is 0 Å². The van der Waals surface area contributed by atoms with Gasteiger partial charge in [-0.2, -0.15) is 0 Å². The topological polar surface area (TPSA) is 47.3 Å². The Balaban J connectivity index is 1.56. The molecule has 0 atom stereocenters. The van der Waals surface area contributed by atoms with Crippen LogP contribution in [0.25, 0.3) is 16.9 Å². The van der Waals surface area contributed by atoms with Crippen LogP contribution in [0.1, 0.15) is 43.0 Å². The van der Waals surface area contributed by atoms with Gasteiger partial charge in [0.2, 0.25) is 0 Å². The molecular weight excluding hydrogens is 378 g/mol. The molecule has 0 saturated heterocycles. The zero-order valence-corrected chi connectivity index (χ0v) is 15.7. The molecule has 3 aromatic rings. The van der Waals surface area contributed by atoms with Crippen LogP contribution < -0.4 is 0 Å². The average Bonchev–Trinajstić information content (AvgIpc) is 3.02. The van der Waals surface area contributed by atoms with E-state index in [1.807, 2.05) is 34.9 Å². The largest absolute Gasteiger partial charge is 0.294 e. The summed E-state index contributed by atoms with van der Waals surface area (Å²) in [6.45, 7) is 2.28. The predicted octanol–water partition coefficient (Wildman–Crippen LogP) is 5.17. The zero-order chi connectivity index (χ0) is 17.4. The quantitative estimate of drug-likeness (QED) is 0.572. The van der Waals surface area contributed by atoms with Crippen LogP contribution in [-0.4, -0.2) is 20.2 Å². The van der Waals surface area contributed by atoms with Crippen molar-refractivity contribution in [3.05, 3.63) is 53.0 Å². The minimum absolute atomic E-state index is 0.193. The van der Waals surface area contributed by atoms with Gasteiger partial charge in [0.1, 0.15) is 4.60 Å². The highest BCUT2D eigenvalue weighted by atomic mass is 79.9. The van der Waals surface area contributed by atoms with Gasteiger partial charge in [0.25, 0.3) is 0 Å². The lowest BCUT2D eigenvalue weighted by Gasteiger charge is -2.25. The molecular formula is C20H20BrN3O. The van der Waals surface area contributed by atoms with Crippen LogP contribution >= 0.6 is 15.9 Å². The highest BCUT2D eigenvalue weighted by Gasteiger charge is 2.25. The predicted molar refractivity (Wildman–Crippen MR) is 102 cm³/mol. The average molecular weight is 398 g/mol. The van der Waals surface area contributed by atoms with Crippen LogP contribution in [0.4, 0.5) is 0 Å². The fraction of sp³-hybridized carbons (Fsp3) is 0.350. The molecule has 0 spiro atoms. The molecule has 4 nitrogen and oxygen atoms in total. The molecule has 0 N–H and O–H groups in total. The summed E-state index contributed by atoms with van der Waals surface area (Å²) in [5.74, 6) is 1.24. The van der Waals surface area contributed by atoms with Crippen molar-refractivity contribution in [3.63, 3.8) is 0 Å². The van der Waals surface area contributed by atoms with Crippen molar-refractivity contribution in [2.75, 3.05) is 0 Å². The van der Waals surface area contributed by atoms with Gasteiger partial charge in [-0.1, -0.05) is 44.0 Å². The Morgan fingerprint density at radius 3 is 2.52 bits per heavy atom. The second kappa shape index (κ2) is 6.71. The van der Waals surface area contributed by atoms with Crippen molar-refractivity contribution in [3.8, 4) is 11.3 Å². The molecule has 2 aromatic heterocycles. The first-order valence-corrected chi connectivity index (χ1v) is 9.54. The number of carbonyl (C=O) groups is 1. The number of Topliss-reactive ketones (excluding diaryl/α,β-unsaturated/α-hetero) is 1. The molecule has 0 unspecified atom stereocenters. The number of halogens is 1. The van der Waals surface area contributed by atoms with E-state index in [0.717, 1.165) is 58.7 Å². The Hall–Kier alpha value is -2.01. The van der Waals surface area contributed by atoms with E-state index in [1.54, 1.807) is 12.4 Å². The SMILES string of the molecule is CC1CCC(C(=O)c2ccc(-c3cn4c(Br)cnc4cn3)cc2)CC1. The van der Waals surface area contributed by atoms with Gasteiger partial charge in [0.15, 0.2) is 11.4 Å². The van der Waals surface area contributed by atoms with Crippen LogP contribution in [0.3, 0.4) is 0 Å². The van der Waals surface area contributed by atoms with Gasteiger partial charge in [-0.25, -0.2) is 4.98 Å². The number of aromatic nitrogens is 3. The number of hydrogen-bond acceptors (Lipinski definition) is 3. The number of fused-ring (bicyclic) bond motifs is 1. The summed E-state index contributed by atoms with van der Waals surface area (Å²) in [6.07, 6.45) is 9.83. The Labute approximate surface area is 155 Å². The van der Waals surface area contributed by atoms with Gasteiger partial charge in [-0.05, 0) is 34.7 Å². The Morgan fingerprint density at radius 1 is 1.08 bits per heavy atom. The molecule has 25 heavy (non-hydrogen) atoms. The summed E-state index contributed by atoms with van der Waals surface area (Å²) in [4.78, 5) is 21.4. The van der Waals surface area contributed by atoms with Crippen molar-refractivity contribution in [1.29, 1.82) is 0 Å². The van der Waals surface area contributed by atoms with Gasteiger partial charge >= 0.3 is 0 Å². The molecule has 1 saturated carbocycles. The molecule has 1 aromatic carbocycles. The molecule has 1 aliphatic carbocycles. The fourth-order valence-electron chi connectivity index (χ4n) is 3.57. The van der Waals surface area contributed by atoms with Gasteiger partial charge in [0, 0.05) is 23.2 Å². The molecule has 0 aliphatic heterocycles. The number of carbonyl (C=O) groups excluding carboxylic acids is 1. The maximum absolute atomic E-state index is 12.7. The molecule has 4 rings (SSSR count). The summed E-state index contributed by atoms with van der Waals surface area (Å²) in [7, 11) is 0. The van der Waals surface area contributed by atoms with Crippen LogP contribution in [0, 0.1) is 11.8 Å². The lowest BCUT2D eigenvalue weighted by atomic mass is 9.79. The first kappa shape index (κ1) is 16.5. The summed E-state index contributed by atoms with van der Waals surface area (Å²) in [5.41, 5.74) is 3.47. The van der Waals surface area contributed by atoms with E-state index in [-0.39, 0.29) is 5.92 Å². The molecule has 0 bridgehead atoms. The van der Waals surface area contributed by atoms with E-state index in [4.69, 9.17) is 0 Å². The van der Waals surface area contributed by atoms with E-state index >= 15 is 0 Å². The zero-order valence-electron chi connectivity index (χ0n) is 14.2. The smallest absolute Gasteiger partial charge is 0.165 e. The highest BCUT2D eigenvalue weighted by molar-refractivity contribution is 9.10. The Kier molecular flexibility index (Phi) is 4.42. The third-order valence-electron chi connectivity index (χ3n) is 5.20. The Bertz CT molecular complexity index is 908. The van der Waals surface area contributed by atoms with Crippen molar-refractivity contribution in [2.45, 2.75) is 32.6 Å². The van der Waals surface area contributed by atoms with E-state index in [9.17, 15) is 4.79 Å². The van der Waals surface area contributed by atoms with Crippen molar-refractivity contribution < 1.29 is 4.79 Å². The summed E-state index contributed by atoms with van der Waals surface area (Å²) in [6, 6.07) is 7.84. The summed E-state index contributed by atoms with van der Waals surface area (Å²) in [5, 5.41) is 0. The fourth-order valence-corrected chi connectivity index (χ4v) is 3.96. The highest BCUT2D eigenvalue weighted by Crippen LogP contribution is 2.31. The van der Waals surface area contributed by atoms with E-state index in [0.29, 0.717) is 5.78 Å². The number of rotatable bonds is 3. The lowest BCUT2D eigenvalue weighted by Crippen LogP contribution is -2.20. The third kappa shape index (κ3) is 3.25. The molecule has 1 fully saturated rings. The van der Waals surface area contributed by atoms with Gasteiger partial charge in [-0.3, -0.25) is 14.2 Å². The molecule has 0 radical (unpaired) electrons. The van der Waals surface area contributed by atoms with E-state index < -0.39 is 0 Å². The van der Waals surface area contributed by atoms with Gasteiger partial charge in [-0.15, -0.1) is 0 Å². The maximum atomic E-state index is 12.7. The minimum atomic E-state index is 0.193. The molecule has 128 valence electrons. The van der Waals surface area contributed by atoms with Crippen LogP contribution in [0.5, 0.6) is 0 Å². The normalized spacial score (nSPS) is 20.7. The standard InChI is InChI=1S/C20H20BrN3O/c1-13-2-4-15(5-3-13)20(25)16-8-6-14(7-9-16)17-12-24-18(21)10-23-19(24)11-22-17/h6-13,15H,2-5H2,1H3. The summed E-state index contributed by atoms with van der Waals surface area (Å²) >= 11 is 3.48. The number of benzene rings is 1. The lowest BCUT2D eigenvalue weighted by molar-refractivity contribution is 0.0875. The minimum Gasteiger partial charge on any atom is -0.294 e. The first-order chi connectivity index (χ1) is 12.1. The van der Waals surface area contributed by atoms with Gasteiger partial charge < -0.3 is 0 Å². The van der Waals surface area contributed by atoms with Crippen LogP contribution in [-0.2, 0) is 0 Å². The van der Waals surface area contributed by atoms with Crippen molar-refractivity contribution >= 4 is 27.4 Å². The number of nitrogens with zero attached hydrogens (tertiary/aromatic N) is 3.